The Kier molecular flexibility index (Phi) is 5.73. The molecule has 34 heavy (non-hydrogen) atoms. The zero-order valence-electron chi connectivity index (χ0n) is 18.5. The molecule has 0 bridgehead atoms. The molecule has 9 nitrogen and oxygen atoms in total. The molecule has 3 heterocycles. The third kappa shape index (κ3) is 4.36. The maximum Gasteiger partial charge on any atom is 0.262 e. The molecule has 0 aliphatic rings. The van der Waals surface area contributed by atoms with E-state index in [-0.39, 0.29) is 23.9 Å². The standard InChI is InChI=1S/C25H23N7O2/c1-17(18-7-9-19(10-8-18)31-14-13-26-16-31)28-23(33)12-11-22-29-24-21(25(34)30-22)15-27-32(24)20-5-3-2-4-6-20/h2-10,13-17H,11-12H2,1H3,(H,28,33)(H,29,30,34). The normalized spacial score (nSPS) is 12.0. The lowest BCUT2D eigenvalue weighted by Gasteiger charge is -2.15. The van der Waals surface area contributed by atoms with E-state index in [1.54, 1.807) is 17.2 Å². The fourth-order valence-corrected chi connectivity index (χ4v) is 3.82. The summed E-state index contributed by atoms with van der Waals surface area (Å²) in [6.07, 6.45) is 7.36. The molecule has 170 valence electrons. The number of nitrogens with zero attached hydrogens (tertiary/aromatic N) is 5. The van der Waals surface area contributed by atoms with Gasteiger partial charge in [-0.25, -0.2) is 14.6 Å². The van der Waals surface area contributed by atoms with Crippen LogP contribution in [-0.4, -0.2) is 35.2 Å². The van der Waals surface area contributed by atoms with Crippen molar-refractivity contribution in [3.8, 4) is 11.4 Å². The molecule has 0 aliphatic heterocycles. The molecule has 5 rings (SSSR count). The van der Waals surface area contributed by atoms with Gasteiger partial charge in [0.2, 0.25) is 5.91 Å². The van der Waals surface area contributed by atoms with Gasteiger partial charge in [0, 0.05) is 30.9 Å². The fourth-order valence-electron chi connectivity index (χ4n) is 3.82. The Hall–Kier alpha value is -4.53. The van der Waals surface area contributed by atoms with Gasteiger partial charge in [0.05, 0.1) is 24.3 Å². The number of imidazole rings is 1. The molecule has 2 aromatic carbocycles. The van der Waals surface area contributed by atoms with Crippen molar-refractivity contribution in [1.82, 2.24) is 34.6 Å². The van der Waals surface area contributed by atoms with E-state index in [4.69, 9.17) is 0 Å². The van der Waals surface area contributed by atoms with Crippen molar-refractivity contribution in [2.24, 2.45) is 0 Å². The lowest BCUT2D eigenvalue weighted by Crippen LogP contribution is -2.27. The first-order valence-electron chi connectivity index (χ1n) is 11.0. The maximum atomic E-state index is 12.6. The molecule has 1 atom stereocenters. The summed E-state index contributed by atoms with van der Waals surface area (Å²) in [5.41, 5.74) is 3.01. The van der Waals surface area contributed by atoms with Crippen LogP contribution in [0.15, 0.2) is 84.3 Å². The number of H-pyrrole nitrogens is 1. The number of nitrogens with one attached hydrogen (secondary N) is 2. The highest BCUT2D eigenvalue weighted by Crippen LogP contribution is 2.17. The summed E-state index contributed by atoms with van der Waals surface area (Å²) in [6.45, 7) is 1.94. The van der Waals surface area contributed by atoms with Gasteiger partial charge < -0.3 is 14.9 Å². The van der Waals surface area contributed by atoms with E-state index in [0.29, 0.717) is 23.3 Å². The van der Waals surface area contributed by atoms with E-state index < -0.39 is 0 Å². The lowest BCUT2D eigenvalue weighted by molar-refractivity contribution is -0.121. The first-order chi connectivity index (χ1) is 16.6. The van der Waals surface area contributed by atoms with E-state index in [1.165, 1.54) is 6.20 Å². The summed E-state index contributed by atoms with van der Waals surface area (Å²) >= 11 is 0. The van der Waals surface area contributed by atoms with Crippen LogP contribution in [0.2, 0.25) is 0 Å². The minimum atomic E-state index is -0.270. The number of rotatable bonds is 7. The minimum absolute atomic E-state index is 0.120. The molecule has 0 radical (unpaired) electrons. The Balaban J connectivity index is 1.25. The Labute approximate surface area is 195 Å². The molecule has 0 saturated carbocycles. The molecule has 0 fully saturated rings. The molecule has 9 heteroatoms. The highest BCUT2D eigenvalue weighted by atomic mass is 16.1. The van der Waals surface area contributed by atoms with Crippen LogP contribution in [0.25, 0.3) is 22.4 Å². The lowest BCUT2D eigenvalue weighted by atomic mass is 10.1. The van der Waals surface area contributed by atoms with Crippen molar-refractivity contribution in [3.05, 3.63) is 101 Å². The number of para-hydroxylation sites is 1. The summed E-state index contributed by atoms with van der Waals surface area (Å²) in [6, 6.07) is 17.3. The number of hydrogen-bond acceptors (Lipinski definition) is 5. The smallest absolute Gasteiger partial charge is 0.262 e. The van der Waals surface area contributed by atoms with Crippen LogP contribution >= 0.6 is 0 Å². The fraction of sp³-hybridized carbons (Fsp3) is 0.160. The number of benzene rings is 2. The van der Waals surface area contributed by atoms with Gasteiger partial charge in [-0.1, -0.05) is 30.3 Å². The summed E-state index contributed by atoms with van der Waals surface area (Å²) < 4.78 is 3.55. The van der Waals surface area contributed by atoms with Gasteiger partial charge >= 0.3 is 0 Å². The molecule has 2 N–H and O–H groups in total. The first kappa shape index (κ1) is 21.3. The number of carbonyl (C=O) groups excluding carboxylic acids is 1. The van der Waals surface area contributed by atoms with E-state index in [0.717, 1.165) is 16.9 Å². The van der Waals surface area contributed by atoms with Crippen molar-refractivity contribution in [2.45, 2.75) is 25.8 Å². The van der Waals surface area contributed by atoms with E-state index >= 15 is 0 Å². The van der Waals surface area contributed by atoms with Crippen LogP contribution in [0.3, 0.4) is 0 Å². The second-order valence-corrected chi connectivity index (χ2v) is 7.99. The largest absolute Gasteiger partial charge is 0.350 e. The molecular formula is C25H23N7O2. The second kappa shape index (κ2) is 9.14. The highest BCUT2D eigenvalue weighted by Gasteiger charge is 2.14. The van der Waals surface area contributed by atoms with Gasteiger partial charge in [-0.2, -0.15) is 5.10 Å². The summed E-state index contributed by atoms with van der Waals surface area (Å²) in [7, 11) is 0. The van der Waals surface area contributed by atoms with Gasteiger partial charge in [0.25, 0.3) is 5.56 Å². The van der Waals surface area contributed by atoms with Crippen LogP contribution in [0.4, 0.5) is 0 Å². The Morgan fingerprint density at radius 3 is 2.62 bits per heavy atom. The van der Waals surface area contributed by atoms with E-state index in [1.807, 2.05) is 72.3 Å². The number of aromatic nitrogens is 6. The van der Waals surface area contributed by atoms with Gasteiger partial charge in [-0.3, -0.25) is 9.59 Å². The number of fused-ring (bicyclic) bond motifs is 1. The first-order valence-corrected chi connectivity index (χ1v) is 11.0. The second-order valence-electron chi connectivity index (χ2n) is 7.99. The SMILES string of the molecule is CC(NC(=O)CCc1nc2c(cnn2-c2ccccc2)c(=O)[nH]1)c1ccc(-n2ccnc2)cc1. The predicted octanol–water partition coefficient (Wildman–Crippen LogP) is 3.10. The summed E-state index contributed by atoms with van der Waals surface area (Å²) in [5.74, 6) is 0.327. The molecular weight excluding hydrogens is 430 g/mol. The zero-order chi connectivity index (χ0) is 23.5. The van der Waals surface area contributed by atoms with E-state index in [2.05, 4.69) is 25.4 Å². The van der Waals surface area contributed by atoms with Crippen molar-refractivity contribution >= 4 is 16.9 Å². The van der Waals surface area contributed by atoms with Crippen LogP contribution in [0.1, 0.15) is 30.8 Å². The number of aromatic amines is 1. The van der Waals surface area contributed by atoms with Crippen molar-refractivity contribution in [2.75, 3.05) is 0 Å². The highest BCUT2D eigenvalue weighted by molar-refractivity contribution is 5.77. The van der Waals surface area contributed by atoms with E-state index in [9.17, 15) is 9.59 Å². The predicted molar refractivity (Wildman–Crippen MR) is 128 cm³/mol. The van der Waals surface area contributed by atoms with Gasteiger partial charge in [-0.15, -0.1) is 0 Å². The molecule has 5 aromatic rings. The summed E-state index contributed by atoms with van der Waals surface area (Å²) in [4.78, 5) is 36.5. The van der Waals surface area contributed by atoms with Crippen molar-refractivity contribution in [1.29, 1.82) is 0 Å². The third-order valence-electron chi connectivity index (χ3n) is 5.65. The Bertz CT molecular complexity index is 1470. The van der Waals surface area contributed by atoms with Crippen LogP contribution in [-0.2, 0) is 11.2 Å². The quantitative estimate of drug-likeness (QED) is 0.393. The van der Waals surface area contributed by atoms with Gasteiger partial charge in [0.15, 0.2) is 5.65 Å². The van der Waals surface area contributed by atoms with Crippen LogP contribution < -0.4 is 10.9 Å². The van der Waals surface area contributed by atoms with Crippen molar-refractivity contribution < 1.29 is 4.79 Å². The molecule has 1 amide bonds. The molecule has 0 saturated heterocycles. The van der Waals surface area contributed by atoms with Crippen molar-refractivity contribution in [3.63, 3.8) is 0 Å². The Morgan fingerprint density at radius 1 is 1.09 bits per heavy atom. The van der Waals surface area contributed by atoms with Crippen LogP contribution in [0.5, 0.6) is 0 Å². The summed E-state index contributed by atoms with van der Waals surface area (Å²) in [5, 5.41) is 7.72. The number of carbonyl (C=O) groups is 1. The monoisotopic (exact) mass is 453 g/mol. The van der Waals surface area contributed by atoms with Gasteiger partial charge in [0.1, 0.15) is 11.2 Å². The zero-order valence-corrected chi connectivity index (χ0v) is 18.5. The number of aryl methyl sites for hydroxylation is 1. The molecule has 0 aliphatic carbocycles. The molecule has 1 unspecified atom stereocenters. The maximum absolute atomic E-state index is 12.6. The molecule has 3 aromatic heterocycles. The number of hydrogen-bond donors (Lipinski definition) is 2. The van der Waals surface area contributed by atoms with Gasteiger partial charge in [-0.05, 0) is 36.8 Å². The Morgan fingerprint density at radius 2 is 1.88 bits per heavy atom. The minimum Gasteiger partial charge on any atom is -0.350 e. The average Bonchev–Trinajstić information content (AvgIpc) is 3.54. The average molecular weight is 454 g/mol. The topological polar surface area (TPSA) is 110 Å². The number of amides is 1. The van der Waals surface area contributed by atoms with Crippen LogP contribution in [0, 0.1) is 0 Å². The molecule has 0 spiro atoms. The third-order valence-corrected chi connectivity index (χ3v) is 5.65.